The molecule has 0 radical (unpaired) electrons. The third-order valence-corrected chi connectivity index (χ3v) is 4.05. The van der Waals surface area contributed by atoms with Gasteiger partial charge in [0.05, 0.1) is 18.2 Å². The van der Waals surface area contributed by atoms with Gasteiger partial charge in [-0.1, -0.05) is 23.5 Å². The third kappa shape index (κ3) is 3.51. The Balaban J connectivity index is 1.72. The molecule has 2 heterocycles. The molecule has 0 amide bonds. The van der Waals surface area contributed by atoms with E-state index in [1.165, 1.54) is 30.0 Å². The molecule has 12 nitrogen and oxygen atoms in total. The molecule has 1 aromatic carbocycles. The highest BCUT2D eigenvalue weighted by molar-refractivity contribution is 7.18. The number of imidazole rings is 1. The number of nitro groups is 2. The quantitative estimate of drug-likeness (QED) is 0.391. The summed E-state index contributed by atoms with van der Waals surface area (Å²) in [6, 6.07) is 5.98. The lowest BCUT2D eigenvalue weighted by molar-refractivity contribution is -0.391. The van der Waals surface area contributed by atoms with Gasteiger partial charge in [-0.3, -0.25) is 15.5 Å². The number of benzene rings is 1. The van der Waals surface area contributed by atoms with Gasteiger partial charge in [0.1, 0.15) is 6.20 Å². The number of anilines is 1. The maximum atomic E-state index is 10.9. The fourth-order valence-electron chi connectivity index (χ4n) is 2.01. The molecule has 26 heavy (non-hydrogen) atoms. The maximum absolute atomic E-state index is 10.9. The first-order chi connectivity index (χ1) is 12.5. The summed E-state index contributed by atoms with van der Waals surface area (Å²) in [6.45, 7) is 0. The van der Waals surface area contributed by atoms with Gasteiger partial charge in [-0.15, -0.1) is 10.2 Å². The van der Waals surface area contributed by atoms with E-state index in [4.69, 9.17) is 0 Å². The molecule has 13 heteroatoms. The minimum absolute atomic E-state index is 0.0384. The Hall–Kier alpha value is -3.74. The van der Waals surface area contributed by atoms with Crippen molar-refractivity contribution in [3.63, 3.8) is 0 Å². The van der Waals surface area contributed by atoms with E-state index in [-0.39, 0.29) is 11.5 Å². The molecule has 0 aliphatic heterocycles. The molecule has 1 N–H and O–H groups in total. The van der Waals surface area contributed by atoms with Crippen LogP contribution in [0.15, 0.2) is 35.6 Å². The number of aromatic nitrogens is 4. The van der Waals surface area contributed by atoms with Crippen molar-refractivity contribution < 1.29 is 9.85 Å². The molecule has 132 valence electrons. The van der Waals surface area contributed by atoms with E-state index < -0.39 is 9.85 Å². The SMILES string of the molecule is Cn1c([N+](=O)[O-])cnc1-c1nnc(N/N=C/c2cccc([N+](=O)[O-])c2)s1. The van der Waals surface area contributed by atoms with Crippen LogP contribution >= 0.6 is 11.3 Å². The Morgan fingerprint density at radius 2 is 2.08 bits per heavy atom. The Morgan fingerprint density at radius 3 is 2.77 bits per heavy atom. The largest absolute Gasteiger partial charge is 0.358 e. The molecule has 0 spiro atoms. The molecule has 0 fully saturated rings. The molecule has 0 atom stereocenters. The van der Waals surface area contributed by atoms with Crippen LogP contribution in [-0.2, 0) is 7.05 Å². The number of nitro benzene ring substituents is 1. The summed E-state index contributed by atoms with van der Waals surface area (Å²) >= 11 is 1.11. The Bertz CT molecular complexity index is 1010. The monoisotopic (exact) mass is 374 g/mol. The van der Waals surface area contributed by atoms with Gasteiger partial charge in [0.15, 0.2) is 0 Å². The van der Waals surface area contributed by atoms with Crippen LogP contribution in [0.1, 0.15) is 5.56 Å². The molecule has 3 rings (SSSR count). The summed E-state index contributed by atoms with van der Waals surface area (Å²) in [5.74, 6) is 0.151. The fourth-order valence-corrected chi connectivity index (χ4v) is 2.73. The summed E-state index contributed by atoms with van der Waals surface area (Å²) < 4.78 is 1.30. The first-order valence-electron chi connectivity index (χ1n) is 6.99. The number of hydrazone groups is 1. The van der Waals surface area contributed by atoms with E-state index in [9.17, 15) is 20.2 Å². The third-order valence-electron chi connectivity index (χ3n) is 3.22. The average Bonchev–Trinajstić information content (AvgIpc) is 3.21. The standard InChI is InChI=1S/C13H10N8O4S/c1-19-10(21(24)25)7-14-11(19)12-16-18-13(26-12)17-15-6-8-3-2-4-9(5-8)20(22)23/h2-7H,1H3,(H,17,18)/b15-6+. The molecule has 0 aliphatic rings. The summed E-state index contributed by atoms with van der Waals surface area (Å²) in [4.78, 5) is 24.5. The molecule has 0 saturated heterocycles. The van der Waals surface area contributed by atoms with E-state index in [1.54, 1.807) is 12.1 Å². The van der Waals surface area contributed by atoms with E-state index in [2.05, 4.69) is 25.7 Å². The van der Waals surface area contributed by atoms with Gasteiger partial charge in [-0.25, -0.2) is 9.55 Å². The van der Waals surface area contributed by atoms with Gasteiger partial charge >= 0.3 is 5.82 Å². The van der Waals surface area contributed by atoms with E-state index in [1.807, 2.05) is 0 Å². The van der Waals surface area contributed by atoms with Gasteiger partial charge in [0, 0.05) is 17.7 Å². The van der Waals surface area contributed by atoms with Gasteiger partial charge < -0.3 is 10.1 Å². The van der Waals surface area contributed by atoms with E-state index in [0.717, 1.165) is 17.5 Å². The number of rotatable bonds is 6. The summed E-state index contributed by atoms with van der Waals surface area (Å²) in [5.41, 5.74) is 3.15. The van der Waals surface area contributed by atoms with Crippen molar-refractivity contribution in [1.82, 2.24) is 19.7 Å². The van der Waals surface area contributed by atoms with Crippen LogP contribution in [0.3, 0.4) is 0 Å². The Morgan fingerprint density at radius 1 is 1.27 bits per heavy atom. The van der Waals surface area contributed by atoms with Crippen LogP contribution in [0.4, 0.5) is 16.6 Å². The second-order valence-corrected chi connectivity index (χ2v) is 5.87. The van der Waals surface area contributed by atoms with Crippen LogP contribution in [0.2, 0.25) is 0 Å². The minimum atomic E-state index is -0.542. The number of hydrogen-bond donors (Lipinski definition) is 1. The second-order valence-electron chi connectivity index (χ2n) is 4.89. The van der Waals surface area contributed by atoms with Gasteiger partial charge in [-0.2, -0.15) is 5.10 Å². The Labute approximate surface area is 149 Å². The van der Waals surface area contributed by atoms with Gasteiger partial charge in [0.25, 0.3) is 11.5 Å². The highest BCUT2D eigenvalue weighted by atomic mass is 32.1. The van der Waals surface area contributed by atoms with Gasteiger partial charge in [0.2, 0.25) is 10.1 Å². The summed E-state index contributed by atoms with van der Waals surface area (Å²) in [6.07, 6.45) is 2.55. The van der Waals surface area contributed by atoms with Crippen molar-refractivity contribution in [2.24, 2.45) is 12.1 Å². The lowest BCUT2D eigenvalue weighted by Gasteiger charge is -1.95. The van der Waals surface area contributed by atoms with E-state index in [0.29, 0.717) is 21.5 Å². The van der Waals surface area contributed by atoms with Crippen LogP contribution in [0.25, 0.3) is 10.8 Å². The van der Waals surface area contributed by atoms with Crippen molar-refractivity contribution in [1.29, 1.82) is 0 Å². The number of hydrogen-bond acceptors (Lipinski definition) is 10. The predicted octanol–water partition coefficient (Wildman–Crippen LogP) is 2.20. The lowest BCUT2D eigenvalue weighted by atomic mass is 10.2. The van der Waals surface area contributed by atoms with Crippen molar-refractivity contribution in [3.8, 4) is 10.8 Å². The highest BCUT2D eigenvalue weighted by Crippen LogP contribution is 2.27. The van der Waals surface area contributed by atoms with Crippen LogP contribution < -0.4 is 5.43 Å². The zero-order chi connectivity index (χ0) is 18.7. The Kier molecular flexibility index (Phi) is 4.62. The van der Waals surface area contributed by atoms with Crippen molar-refractivity contribution in [2.75, 3.05) is 5.43 Å². The number of nitrogens with one attached hydrogen (secondary N) is 1. The lowest BCUT2D eigenvalue weighted by Crippen LogP contribution is -1.98. The minimum Gasteiger partial charge on any atom is -0.358 e. The van der Waals surface area contributed by atoms with Crippen molar-refractivity contribution >= 4 is 34.2 Å². The maximum Gasteiger partial charge on any atom is 0.342 e. The molecule has 0 unspecified atom stereocenters. The number of nitrogens with zero attached hydrogens (tertiary/aromatic N) is 7. The molecular weight excluding hydrogens is 364 g/mol. The van der Waals surface area contributed by atoms with Gasteiger partial charge in [-0.05, 0) is 4.92 Å². The topological polar surface area (TPSA) is 154 Å². The molecule has 0 saturated carbocycles. The molecule has 0 aliphatic carbocycles. The zero-order valence-electron chi connectivity index (χ0n) is 13.1. The normalized spacial score (nSPS) is 11.0. The van der Waals surface area contributed by atoms with Crippen molar-refractivity contribution in [2.45, 2.75) is 0 Å². The van der Waals surface area contributed by atoms with E-state index >= 15 is 0 Å². The first kappa shape index (κ1) is 17.1. The van der Waals surface area contributed by atoms with Crippen LogP contribution in [0, 0.1) is 20.2 Å². The fraction of sp³-hybridized carbons (Fsp3) is 0.0769. The number of non-ortho nitro benzene ring substituents is 1. The zero-order valence-corrected chi connectivity index (χ0v) is 14.0. The first-order valence-corrected chi connectivity index (χ1v) is 7.81. The average molecular weight is 374 g/mol. The molecule has 3 aromatic rings. The molecule has 2 aromatic heterocycles. The highest BCUT2D eigenvalue weighted by Gasteiger charge is 2.21. The smallest absolute Gasteiger partial charge is 0.342 e. The molecular formula is C13H10N8O4S. The van der Waals surface area contributed by atoms with Crippen LogP contribution in [0.5, 0.6) is 0 Å². The predicted molar refractivity (Wildman–Crippen MR) is 93.1 cm³/mol. The van der Waals surface area contributed by atoms with Crippen molar-refractivity contribution in [3.05, 3.63) is 56.3 Å². The summed E-state index contributed by atoms with van der Waals surface area (Å²) in [5, 5.41) is 34.1. The molecule has 0 bridgehead atoms. The van der Waals surface area contributed by atoms with Crippen LogP contribution in [-0.4, -0.2) is 35.8 Å². The summed E-state index contributed by atoms with van der Waals surface area (Å²) in [7, 11) is 1.51. The second kappa shape index (κ2) is 7.02.